The first kappa shape index (κ1) is 18.5. The van der Waals surface area contributed by atoms with E-state index in [0.717, 1.165) is 29.6 Å². The van der Waals surface area contributed by atoms with Gasteiger partial charge >= 0.3 is 0 Å². The predicted molar refractivity (Wildman–Crippen MR) is 111 cm³/mol. The van der Waals surface area contributed by atoms with Crippen LogP contribution in [0.15, 0.2) is 59.8 Å². The molecule has 1 unspecified atom stereocenters. The highest BCUT2D eigenvalue weighted by atomic mass is 32.2. The van der Waals surface area contributed by atoms with Crippen molar-refractivity contribution in [2.45, 2.75) is 31.2 Å². The molecule has 1 heterocycles. The van der Waals surface area contributed by atoms with E-state index in [9.17, 15) is 0 Å². The normalized spacial score (nSPS) is 12.2. The van der Waals surface area contributed by atoms with Crippen molar-refractivity contribution in [3.63, 3.8) is 0 Å². The Hall–Kier alpha value is -2.27. The minimum Gasteiger partial charge on any atom is -0.372 e. The molecule has 136 valence electrons. The van der Waals surface area contributed by atoms with Gasteiger partial charge < -0.3 is 9.47 Å². The summed E-state index contributed by atoms with van der Waals surface area (Å²) in [6.07, 6.45) is 0. The first-order chi connectivity index (χ1) is 12.6. The van der Waals surface area contributed by atoms with Crippen LogP contribution in [0.2, 0.25) is 0 Å². The van der Waals surface area contributed by atoms with Gasteiger partial charge in [0.15, 0.2) is 11.0 Å². The summed E-state index contributed by atoms with van der Waals surface area (Å²) < 4.78 is 2.08. The molecule has 0 spiro atoms. The van der Waals surface area contributed by atoms with Gasteiger partial charge in [-0.15, -0.1) is 10.2 Å². The molecule has 0 amide bonds. The molecule has 0 radical (unpaired) electrons. The van der Waals surface area contributed by atoms with Gasteiger partial charge in [-0.25, -0.2) is 0 Å². The van der Waals surface area contributed by atoms with Crippen molar-refractivity contribution in [2.24, 2.45) is 7.05 Å². The number of hydrogen-bond donors (Lipinski definition) is 0. The Morgan fingerprint density at radius 3 is 2.23 bits per heavy atom. The second kappa shape index (κ2) is 8.41. The van der Waals surface area contributed by atoms with Gasteiger partial charge in [-0.3, -0.25) is 0 Å². The van der Waals surface area contributed by atoms with E-state index in [0.29, 0.717) is 5.25 Å². The molecule has 3 rings (SSSR count). The van der Waals surface area contributed by atoms with Crippen LogP contribution in [0, 0.1) is 0 Å². The second-order valence-corrected chi connectivity index (χ2v) is 7.56. The maximum absolute atomic E-state index is 4.43. The quantitative estimate of drug-likeness (QED) is 0.540. The highest BCUT2D eigenvalue weighted by Crippen LogP contribution is 2.34. The molecule has 0 saturated carbocycles. The zero-order chi connectivity index (χ0) is 18.5. The molecule has 5 heteroatoms. The lowest BCUT2D eigenvalue weighted by Gasteiger charge is -2.21. The van der Waals surface area contributed by atoms with E-state index < -0.39 is 0 Å². The summed E-state index contributed by atoms with van der Waals surface area (Å²) in [6, 6.07) is 19.1. The average molecular weight is 367 g/mol. The minimum absolute atomic E-state index is 0.331. The van der Waals surface area contributed by atoms with Gasteiger partial charge in [0.05, 0.1) is 0 Å². The van der Waals surface area contributed by atoms with Gasteiger partial charge in [-0.1, -0.05) is 42.1 Å². The number of nitrogens with zero attached hydrogens (tertiary/aromatic N) is 4. The Bertz CT molecular complexity index is 823. The van der Waals surface area contributed by atoms with Gasteiger partial charge in [-0.2, -0.15) is 0 Å². The number of thioether (sulfide) groups is 1. The molecule has 3 aromatic rings. The third-order valence-corrected chi connectivity index (χ3v) is 5.83. The van der Waals surface area contributed by atoms with Crippen molar-refractivity contribution in [1.82, 2.24) is 14.8 Å². The summed E-state index contributed by atoms with van der Waals surface area (Å²) in [4.78, 5) is 2.34. The van der Waals surface area contributed by atoms with E-state index >= 15 is 0 Å². The zero-order valence-electron chi connectivity index (χ0n) is 15.9. The van der Waals surface area contributed by atoms with Crippen LogP contribution in [-0.2, 0) is 7.05 Å². The van der Waals surface area contributed by atoms with E-state index in [4.69, 9.17) is 0 Å². The Balaban J connectivity index is 1.78. The van der Waals surface area contributed by atoms with Crippen LogP contribution in [0.25, 0.3) is 11.4 Å². The molecule has 1 aromatic heterocycles. The third-order valence-electron chi connectivity index (χ3n) is 4.64. The lowest BCUT2D eigenvalue weighted by Crippen LogP contribution is -2.21. The molecule has 1 atom stereocenters. The van der Waals surface area contributed by atoms with E-state index in [2.05, 4.69) is 89.0 Å². The van der Waals surface area contributed by atoms with Crippen LogP contribution in [0.5, 0.6) is 0 Å². The van der Waals surface area contributed by atoms with Crippen LogP contribution < -0.4 is 4.90 Å². The Morgan fingerprint density at radius 2 is 1.62 bits per heavy atom. The summed E-state index contributed by atoms with van der Waals surface area (Å²) >= 11 is 1.74. The number of anilines is 1. The number of aromatic nitrogens is 3. The number of benzene rings is 2. The van der Waals surface area contributed by atoms with Gasteiger partial charge in [0.2, 0.25) is 0 Å². The largest absolute Gasteiger partial charge is 0.372 e. The van der Waals surface area contributed by atoms with Crippen LogP contribution in [0.1, 0.15) is 31.6 Å². The van der Waals surface area contributed by atoms with Crippen molar-refractivity contribution in [3.05, 3.63) is 60.2 Å². The first-order valence-corrected chi connectivity index (χ1v) is 9.98. The Kier molecular flexibility index (Phi) is 5.99. The monoisotopic (exact) mass is 366 g/mol. The van der Waals surface area contributed by atoms with Crippen molar-refractivity contribution in [2.75, 3.05) is 18.0 Å². The lowest BCUT2D eigenvalue weighted by molar-refractivity contribution is 0.790. The summed E-state index contributed by atoms with van der Waals surface area (Å²) in [7, 11) is 2.04. The fourth-order valence-corrected chi connectivity index (χ4v) is 3.97. The van der Waals surface area contributed by atoms with E-state index in [1.165, 1.54) is 11.3 Å². The van der Waals surface area contributed by atoms with Crippen LogP contribution in [0.4, 0.5) is 5.69 Å². The Morgan fingerprint density at radius 1 is 0.962 bits per heavy atom. The van der Waals surface area contributed by atoms with E-state index in [1.54, 1.807) is 11.8 Å². The third kappa shape index (κ3) is 3.93. The highest BCUT2D eigenvalue weighted by molar-refractivity contribution is 7.99. The van der Waals surface area contributed by atoms with Gasteiger partial charge in [0.1, 0.15) is 0 Å². The van der Waals surface area contributed by atoms with Crippen molar-refractivity contribution in [1.29, 1.82) is 0 Å². The molecule has 0 N–H and O–H groups in total. The molecule has 0 saturated heterocycles. The Labute approximate surface area is 160 Å². The van der Waals surface area contributed by atoms with Crippen molar-refractivity contribution >= 4 is 17.4 Å². The predicted octanol–water partition coefficient (Wildman–Crippen LogP) is 5.18. The van der Waals surface area contributed by atoms with Crippen molar-refractivity contribution in [3.8, 4) is 11.4 Å². The van der Waals surface area contributed by atoms with E-state index in [-0.39, 0.29) is 0 Å². The topological polar surface area (TPSA) is 34.0 Å². The van der Waals surface area contributed by atoms with Crippen LogP contribution in [-0.4, -0.2) is 27.9 Å². The smallest absolute Gasteiger partial charge is 0.191 e. The molecule has 0 aliphatic carbocycles. The molecular formula is C21H26N4S. The summed E-state index contributed by atoms with van der Waals surface area (Å²) in [5.41, 5.74) is 3.63. The molecule has 0 aliphatic rings. The second-order valence-electron chi connectivity index (χ2n) is 6.26. The number of hydrogen-bond acceptors (Lipinski definition) is 4. The zero-order valence-corrected chi connectivity index (χ0v) is 16.7. The maximum atomic E-state index is 4.43. The first-order valence-electron chi connectivity index (χ1n) is 9.10. The van der Waals surface area contributed by atoms with E-state index in [1.807, 2.05) is 13.1 Å². The molecular weight excluding hydrogens is 340 g/mol. The summed E-state index contributed by atoms with van der Waals surface area (Å²) in [5, 5.41) is 10.1. The molecule has 2 aromatic carbocycles. The van der Waals surface area contributed by atoms with Crippen LogP contribution in [0.3, 0.4) is 0 Å². The maximum Gasteiger partial charge on any atom is 0.191 e. The summed E-state index contributed by atoms with van der Waals surface area (Å²) in [5.74, 6) is 0.902. The molecule has 4 nitrogen and oxygen atoms in total. The fraction of sp³-hybridized carbons (Fsp3) is 0.333. The standard InChI is InChI=1S/C21H26N4S/c1-5-25(6-2)19-14-12-18(13-15-19)20-22-23-21(24(20)4)26-16(3)17-10-8-7-9-11-17/h7-16H,5-6H2,1-4H3. The SMILES string of the molecule is CCN(CC)c1ccc(-c2nnc(SC(C)c3ccccc3)n2C)cc1. The summed E-state index contributed by atoms with van der Waals surface area (Å²) in [6.45, 7) is 8.58. The lowest BCUT2D eigenvalue weighted by atomic mass is 10.2. The van der Waals surface area contributed by atoms with Gasteiger partial charge in [0.25, 0.3) is 0 Å². The number of rotatable bonds is 7. The molecule has 0 fully saturated rings. The van der Waals surface area contributed by atoms with Crippen LogP contribution >= 0.6 is 11.8 Å². The molecule has 0 aliphatic heterocycles. The fourth-order valence-electron chi connectivity index (χ4n) is 3.03. The molecule has 0 bridgehead atoms. The van der Waals surface area contributed by atoms with Gasteiger partial charge in [0, 0.05) is 36.6 Å². The van der Waals surface area contributed by atoms with Gasteiger partial charge in [-0.05, 0) is 50.6 Å². The minimum atomic E-state index is 0.331. The highest BCUT2D eigenvalue weighted by Gasteiger charge is 2.15. The average Bonchev–Trinajstić information content (AvgIpc) is 3.04. The van der Waals surface area contributed by atoms with Crippen molar-refractivity contribution < 1.29 is 0 Å². The molecule has 26 heavy (non-hydrogen) atoms.